The number of hydrogen-bond acceptors (Lipinski definition) is 2. The molecule has 3 nitrogen and oxygen atoms in total. The quantitative estimate of drug-likeness (QED) is 0.346. The maximum atomic E-state index is 11.2. The summed E-state index contributed by atoms with van der Waals surface area (Å²) < 4.78 is 0. The molecule has 0 aromatic heterocycles. The molecule has 0 rings (SSSR count). The highest BCUT2D eigenvalue weighted by Crippen LogP contribution is 2.08. The Bertz CT molecular complexity index is 226. The van der Waals surface area contributed by atoms with Gasteiger partial charge in [-0.05, 0) is 38.8 Å². The molecule has 0 aliphatic carbocycles. The van der Waals surface area contributed by atoms with E-state index in [0.717, 1.165) is 19.4 Å². The predicted octanol–water partition coefficient (Wildman–Crippen LogP) is 5.83. The number of nitrogens with one attached hydrogen (secondary N) is 2. The molecule has 0 fully saturated rings. The van der Waals surface area contributed by atoms with E-state index in [1.54, 1.807) is 0 Å². The minimum atomic E-state index is 0.227. The van der Waals surface area contributed by atoms with Gasteiger partial charge in [0, 0.05) is 13.0 Å². The number of hydrogen-bond donors (Lipinski definition) is 2. The first kappa shape index (κ1) is 25.7. The van der Waals surface area contributed by atoms with Crippen LogP contribution in [0.4, 0.5) is 0 Å². The largest absolute Gasteiger partial charge is 0.356 e. The molecule has 0 saturated carbocycles. The van der Waals surface area contributed by atoms with Crippen LogP contribution in [0.2, 0.25) is 0 Å². The van der Waals surface area contributed by atoms with E-state index in [9.17, 15) is 4.79 Å². The van der Waals surface area contributed by atoms with Crippen molar-refractivity contribution in [2.75, 3.05) is 19.6 Å². The summed E-state index contributed by atoms with van der Waals surface area (Å²) in [5, 5.41) is 6.29. The van der Waals surface area contributed by atoms with Gasteiger partial charge in [0.2, 0.25) is 5.91 Å². The molecule has 0 atom stereocenters. The van der Waals surface area contributed by atoms with Crippen molar-refractivity contribution in [1.29, 1.82) is 0 Å². The maximum absolute atomic E-state index is 11.2. The van der Waals surface area contributed by atoms with Crippen LogP contribution in [0.5, 0.6) is 0 Å². The lowest BCUT2D eigenvalue weighted by Crippen LogP contribution is -2.23. The van der Waals surface area contributed by atoms with Crippen LogP contribution in [0.1, 0.15) is 111 Å². The van der Waals surface area contributed by atoms with Gasteiger partial charge in [-0.2, -0.15) is 0 Å². The molecule has 0 aliphatic heterocycles. The highest BCUT2D eigenvalue weighted by Gasteiger charge is 1.98. The summed E-state index contributed by atoms with van der Waals surface area (Å²) in [6.07, 6.45) is 15.9. The molecule has 0 aromatic carbocycles. The summed E-state index contributed by atoms with van der Waals surface area (Å²) in [4.78, 5) is 11.2. The molecule has 0 saturated heterocycles. The van der Waals surface area contributed by atoms with Crippen molar-refractivity contribution in [3.05, 3.63) is 0 Å². The second-order valence-electron chi connectivity index (χ2n) is 6.68. The molecular formula is C21H46N2O. The Kier molecular flexibility index (Phi) is 26.4. The monoisotopic (exact) mass is 342 g/mol. The Morgan fingerprint density at radius 1 is 0.583 bits per heavy atom. The van der Waals surface area contributed by atoms with Gasteiger partial charge in [-0.1, -0.05) is 79.1 Å². The Labute approximate surface area is 152 Å². The van der Waals surface area contributed by atoms with Crippen molar-refractivity contribution in [3.8, 4) is 0 Å². The molecular weight excluding hydrogens is 296 g/mol. The molecule has 0 heterocycles. The number of amides is 1. The van der Waals surface area contributed by atoms with E-state index < -0.39 is 0 Å². The first-order valence-electron chi connectivity index (χ1n) is 10.7. The average Bonchev–Trinajstić information content (AvgIpc) is 2.59. The van der Waals surface area contributed by atoms with E-state index in [1.807, 2.05) is 0 Å². The second kappa shape index (κ2) is 24.7. The topological polar surface area (TPSA) is 41.1 Å². The van der Waals surface area contributed by atoms with Crippen LogP contribution in [0, 0.1) is 0 Å². The molecule has 0 unspecified atom stereocenters. The van der Waals surface area contributed by atoms with Crippen LogP contribution in [0.25, 0.3) is 0 Å². The lowest BCUT2D eigenvalue weighted by atomic mass is 10.1. The summed E-state index contributed by atoms with van der Waals surface area (Å²) in [5.41, 5.74) is 0. The average molecular weight is 343 g/mol. The van der Waals surface area contributed by atoms with Gasteiger partial charge in [0.1, 0.15) is 0 Å². The van der Waals surface area contributed by atoms with Crippen LogP contribution < -0.4 is 10.6 Å². The minimum Gasteiger partial charge on any atom is -0.356 e. The van der Waals surface area contributed by atoms with Gasteiger partial charge in [0.05, 0.1) is 0 Å². The van der Waals surface area contributed by atoms with Gasteiger partial charge >= 0.3 is 0 Å². The standard InChI is InChI=1S/C13H27NO.C8H19N/c1-3-5-6-7-8-9-10-11-13(15)14-12-4-2;1-3-5-7-9-8-6-4-2/h3-12H2,1-2H3,(H,14,15);9H,3-8H2,1-2H3. The van der Waals surface area contributed by atoms with Crippen LogP contribution in [-0.2, 0) is 4.79 Å². The third kappa shape index (κ3) is 26.3. The molecule has 24 heavy (non-hydrogen) atoms. The Morgan fingerprint density at radius 3 is 1.58 bits per heavy atom. The molecule has 0 aromatic rings. The number of rotatable bonds is 16. The summed E-state index contributed by atoms with van der Waals surface area (Å²) in [6, 6.07) is 0. The Balaban J connectivity index is 0. The van der Waals surface area contributed by atoms with Crippen molar-refractivity contribution in [3.63, 3.8) is 0 Å². The van der Waals surface area contributed by atoms with E-state index in [4.69, 9.17) is 0 Å². The van der Waals surface area contributed by atoms with Crippen LogP contribution in [0.15, 0.2) is 0 Å². The van der Waals surface area contributed by atoms with Crippen molar-refractivity contribution in [2.45, 2.75) is 111 Å². The minimum absolute atomic E-state index is 0.227. The summed E-state index contributed by atoms with van der Waals surface area (Å²) in [6.45, 7) is 12.0. The molecule has 3 heteroatoms. The number of carbonyl (C=O) groups is 1. The van der Waals surface area contributed by atoms with Crippen molar-refractivity contribution >= 4 is 5.91 Å². The highest BCUT2D eigenvalue weighted by atomic mass is 16.1. The van der Waals surface area contributed by atoms with Gasteiger partial charge in [-0.25, -0.2) is 0 Å². The first-order chi connectivity index (χ1) is 11.7. The van der Waals surface area contributed by atoms with Gasteiger partial charge in [0.15, 0.2) is 0 Å². The number of unbranched alkanes of at least 4 members (excludes halogenated alkanes) is 8. The van der Waals surface area contributed by atoms with Crippen LogP contribution >= 0.6 is 0 Å². The normalized spacial score (nSPS) is 10.2. The van der Waals surface area contributed by atoms with E-state index in [0.29, 0.717) is 6.42 Å². The van der Waals surface area contributed by atoms with E-state index >= 15 is 0 Å². The summed E-state index contributed by atoms with van der Waals surface area (Å²) in [7, 11) is 0. The Hall–Kier alpha value is -0.570. The second-order valence-corrected chi connectivity index (χ2v) is 6.68. The molecule has 0 spiro atoms. The van der Waals surface area contributed by atoms with Crippen LogP contribution in [0.3, 0.4) is 0 Å². The third-order valence-corrected chi connectivity index (χ3v) is 3.99. The van der Waals surface area contributed by atoms with Gasteiger partial charge in [-0.3, -0.25) is 4.79 Å². The lowest BCUT2D eigenvalue weighted by molar-refractivity contribution is -0.121. The van der Waals surface area contributed by atoms with E-state index in [1.165, 1.54) is 77.3 Å². The van der Waals surface area contributed by atoms with Gasteiger partial charge in [-0.15, -0.1) is 0 Å². The first-order valence-corrected chi connectivity index (χ1v) is 10.7. The zero-order chi connectivity index (χ0) is 18.3. The zero-order valence-corrected chi connectivity index (χ0v) is 17.2. The Morgan fingerprint density at radius 2 is 1.08 bits per heavy atom. The van der Waals surface area contributed by atoms with Crippen molar-refractivity contribution < 1.29 is 4.79 Å². The molecule has 146 valence electrons. The molecule has 0 bridgehead atoms. The maximum Gasteiger partial charge on any atom is 0.219 e. The third-order valence-electron chi connectivity index (χ3n) is 3.99. The SMILES string of the molecule is CCCCCCCCCC(=O)NCCC.CCCCNCCCC. The van der Waals surface area contributed by atoms with E-state index in [2.05, 4.69) is 38.3 Å². The molecule has 0 aliphatic rings. The molecule has 2 N–H and O–H groups in total. The van der Waals surface area contributed by atoms with Crippen LogP contribution in [-0.4, -0.2) is 25.5 Å². The molecule has 1 amide bonds. The summed E-state index contributed by atoms with van der Waals surface area (Å²) in [5.74, 6) is 0.227. The molecule has 0 radical (unpaired) electrons. The van der Waals surface area contributed by atoms with Crippen molar-refractivity contribution in [2.24, 2.45) is 0 Å². The zero-order valence-electron chi connectivity index (χ0n) is 17.2. The number of carbonyl (C=O) groups excluding carboxylic acids is 1. The fourth-order valence-electron chi connectivity index (χ4n) is 2.32. The van der Waals surface area contributed by atoms with E-state index in [-0.39, 0.29) is 5.91 Å². The van der Waals surface area contributed by atoms with Gasteiger partial charge in [0.25, 0.3) is 0 Å². The predicted molar refractivity (Wildman–Crippen MR) is 109 cm³/mol. The van der Waals surface area contributed by atoms with Gasteiger partial charge < -0.3 is 10.6 Å². The summed E-state index contributed by atoms with van der Waals surface area (Å²) >= 11 is 0. The van der Waals surface area contributed by atoms with Crippen molar-refractivity contribution in [1.82, 2.24) is 10.6 Å². The lowest BCUT2D eigenvalue weighted by Gasteiger charge is -2.03. The highest BCUT2D eigenvalue weighted by molar-refractivity contribution is 5.75. The fraction of sp³-hybridized carbons (Fsp3) is 0.952. The smallest absolute Gasteiger partial charge is 0.219 e. The fourth-order valence-corrected chi connectivity index (χ4v) is 2.32.